The Balaban J connectivity index is 1.99. The van der Waals surface area contributed by atoms with Gasteiger partial charge in [0.05, 0.1) is 5.10 Å². The van der Waals surface area contributed by atoms with Crippen molar-refractivity contribution >= 4 is 11.3 Å². The van der Waals surface area contributed by atoms with Crippen LogP contribution in [0.15, 0.2) is 35.7 Å². The third kappa shape index (κ3) is 1.94. The molecule has 0 bridgehead atoms. The zero-order chi connectivity index (χ0) is 11.7. The van der Waals surface area contributed by atoms with E-state index in [0.717, 1.165) is 16.4 Å². The molecule has 84 valence electrons. The summed E-state index contributed by atoms with van der Waals surface area (Å²) in [5.41, 5.74) is 1.93. The zero-order valence-electron chi connectivity index (χ0n) is 9.16. The summed E-state index contributed by atoms with van der Waals surface area (Å²) in [4.78, 5) is 5.98. The molecule has 2 aromatic heterocycles. The van der Waals surface area contributed by atoms with Crippen LogP contribution < -0.4 is 4.80 Å². The molecular weight excluding hydrogens is 234 g/mol. The minimum atomic E-state index is 0.618. The number of hydrogen-bond donors (Lipinski definition) is 1. The van der Waals surface area contributed by atoms with E-state index >= 15 is 0 Å². The molecule has 3 rings (SSSR count). The molecule has 0 spiro atoms. The van der Waals surface area contributed by atoms with E-state index < -0.39 is 0 Å². The lowest BCUT2D eigenvalue weighted by molar-refractivity contribution is -0.716. The SMILES string of the molecule is Cc1csc(-c2n[nH][n+](-c3ccccc3)n2)n1. The van der Waals surface area contributed by atoms with Crippen molar-refractivity contribution in [2.75, 3.05) is 0 Å². The third-order valence-electron chi connectivity index (χ3n) is 2.26. The Labute approximate surface area is 102 Å². The highest BCUT2D eigenvalue weighted by Crippen LogP contribution is 2.17. The minimum absolute atomic E-state index is 0.618. The quantitative estimate of drug-likeness (QED) is 0.695. The van der Waals surface area contributed by atoms with Crippen LogP contribution in [0.4, 0.5) is 0 Å². The standard InChI is InChI=1S/C11H9N5S/c1-8-7-17-11(12-8)10-13-15-16(14-10)9-5-3-2-4-6-9/h2-7H,1H3/p+1. The molecule has 0 atom stereocenters. The van der Waals surface area contributed by atoms with Crippen LogP contribution in [0.1, 0.15) is 5.69 Å². The molecule has 0 aliphatic carbocycles. The number of thiazole rings is 1. The average Bonchev–Trinajstić information content (AvgIpc) is 2.98. The molecule has 5 nitrogen and oxygen atoms in total. The number of para-hydroxylation sites is 1. The van der Waals surface area contributed by atoms with Gasteiger partial charge >= 0.3 is 5.82 Å². The second-order valence-electron chi connectivity index (χ2n) is 3.58. The molecule has 0 unspecified atom stereocenters. The fourth-order valence-corrected chi connectivity index (χ4v) is 2.19. The molecular formula is C11H10N5S+. The van der Waals surface area contributed by atoms with Gasteiger partial charge < -0.3 is 0 Å². The summed E-state index contributed by atoms with van der Waals surface area (Å²) in [5, 5.41) is 14.2. The maximum atomic E-state index is 4.36. The molecule has 0 radical (unpaired) electrons. The number of nitrogens with one attached hydrogen (secondary N) is 1. The fraction of sp³-hybridized carbons (Fsp3) is 0.0909. The van der Waals surface area contributed by atoms with E-state index in [0.29, 0.717) is 5.82 Å². The summed E-state index contributed by atoms with van der Waals surface area (Å²) in [7, 11) is 0. The molecule has 0 amide bonds. The Morgan fingerprint density at radius 2 is 2.06 bits per heavy atom. The predicted octanol–water partition coefficient (Wildman–Crippen LogP) is 1.51. The molecule has 2 heterocycles. The van der Waals surface area contributed by atoms with Gasteiger partial charge in [-0.15, -0.1) is 11.3 Å². The monoisotopic (exact) mass is 244 g/mol. The molecule has 0 aliphatic heterocycles. The lowest BCUT2D eigenvalue weighted by atomic mass is 10.3. The maximum absolute atomic E-state index is 4.36. The highest BCUT2D eigenvalue weighted by Gasteiger charge is 2.17. The first-order valence-electron chi connectivity index (χ1n) is 5.15. The molecule has 0 fully saturated rings. The fourth-order valence-electron chi connectivity index (χ4n) is 1.47. The van der Waals surface area contributed by atoms with Crippen LogP contribution in [0.25, 0.3) is 16.5 Å². The van der Waals surface area contributed by atoms with Gasteiger partial charge in [0.25, 0.3) is 0 Å². The van der Waals surface area contributed by atoms with E-state index in [1.165, 1.54) is 0 Å². The number of rotatable bonds is 2. The lowest BCUT2D eigenvalue weighted by Gasteiger charge is -1.88. The van der Waals surface area contributed by atoms with Gasteiger partial charge in [-0.25, -0.2) is 4.98 Å². The van der Waals surface area contributed by atoms with E-state index in [9.17, 15) is 0 Å². The van der Waals surface area contributed by atoms with Crippen LogP contribution in [0, 0.1) is 6.92 Å². The molecule has 3 aromatic rings. The van der Waals surface area contributed by atoms with Crippen LogP contribution in [0.2, 0.25) is 0 Å². The largest absolute Gasteiger partial charge is 0.367 e. The van der Waals surface area contributed by atoms with Crippen molar-refractivity contribution in [3.8, 4) is 16.5 Å². The second-order valence-corrected chi connectivity index (χ2v) is 4.43. The molecule has 1 aromatic carbocycles. The van der Waals surface area contributed by atoms with Crippen molar-refractivity contribution < 1.29 is 4.80 Å². The first-order valence-corrected chi connectivity index (χ1v) is 6.03. The smallest absolute Gasteiger partial charge is 0.236 e. The Hall–Kier alpha value is -2.08. The van der Waals surface area contributed by atoms with Crippen molar-refractivity contribution in [1.29, 1.82) is 0 Å². The predicted molar refractivity (Wildman–Crippen MR) is 63.8 cm³/mol. The lowest BCUT2D eigenvalue weighted by Crippen LogP contribution is -2.35. The number of aromatic amines is 1. The molecule has 1 N–H and O–H groups in total. The van der Waals surface area contributed by atoms with Gasteiger partial charge in [-0.2, -0.15) is 0 Å². The Kier molecular flexibility index (Phi) is 2.41. The Morgan fingerprint density at radius 3 is 2.76 bits per heavy atom. The molecule has 0 saturated heterocycles. The number of hydrogen-bond acceptors (Lipinski definition) is 4. The van der Waals surface area contributed by atoms with Gasteiger partial charge in [-0.05, 0) is 34.2 Å². The summed E-state index contributed by atoms with van der Waals surface area (Å²) < 4.78 is 0. The van der Waals surface area contributed by atoms with Gasteiger partial charge in [0.15, 0.2) is 10.7 Å². The molecule has 0 saturated carbocycles. The van der Waals surface area contributed by atoms with E-state index in [2.05, 4.69) is 20.4 Å². The molecule has 0 aliphatic rings. The van der Waals surface area contributed by atoms with Gasteiger partial charge in [0.2, 0.25) is 0 Å². The summed E-state index contributed by atoms with van der Waals surface area (Å²) in [6.45, 7) is 1.96. The Bertz CT molecular complexity index is 628. The highest BCUT2D eigenvalue weighted by molar-refractivity contribution is 7.13. The molecule has 6 heteroatoms. The normalized spacial score (nSPS) is 10.6. The van der Waals surface area contributed by atoms with E-state index in [-0.39, 0.29) is 0 Å². The third-order valence-corrected chi connectivity index (χ3v) is 3.21. The van der Waals surface area contributed by atoms with E-state index in [4.69, 9.17) is 0 Å². The van der Waals surface area contributed by atoms with Crippen LogP contribution in [0.3, 0.4) is 0 Å². The van der Waals surface area contributed by atoms with Crippen molar-refractivity contribution in [3.63, 3.8) is 0 Å². The minimum Gasteiger partial charge on any atom is -0.236 e. The average molecular weight is 244 g/mol. The number of nitrogens with zero attached hydrogens (tertiary/aromatic N) is 4. The maximum Gasteiger partial charge on any atom is 0.367 e. The van der Waals surface area contributed by atoms with Crippen LogP contribution in [0.5, 0.6) is 0 Å². The number of benzene rings is 1. The topological polar surface area (TPSA) is 58.3 Å². The van der Waals surface area contributed by atoms with Crippen molar-refractivity contribution in [2.24, 2.45) is 0 Å². The van der Waals surface area contributed by atoms with Crippen molar-refractivity contribution in [2.45, 2.75) is 6.92 Å². The highest BCUT2D eigenvalue weighted by atomic mass is 32.1. The number of H-pyrrole nitrogens is 1. The van der Waals surface area contributed by atoms with E-state index in [1.54, 1.807) is 16.1 Å². The van der Waals surface area contributed by atoms with Gasteiger partial charge in [0.1, 0.15) is 0 Å². The van der Waals surface area contributed by atoms with Gasteiger partial charge in [-0.1, -0.05) is 18.2 Å². The van der Waals surface area contributed by atoms with Crippen molar-refractivity contribution in [3.05, 3.63) is 41.4 Å². The first kappa shape index (κ1) is 10.1. The van der Waals surface area contributed by atoms with E-state index in [1.807, 2.05) is 42.6 Å². The zero-order valence-corrected chi connectivity index (χ0v) is 9.98. The van der Waals surface area contributed by atoms with Gasteiger partial charge in [0, 0.05) is 11.1 Å². The van der Waals surface area contributed by atoms with Crippen LogP contribution in [-0.4, -0.2) is 20.4 Å². The van der Waals surface area contributed by atoms with Crippen molar-refractivity contribution in [1.82, 2.24) is 20.4 Å². The summed E-state index contributed by atoms with van der Waals surface area (Å²) in [6.07, 6.45) is 0. The van der Waals surface area contributed by atoms with Crippen LogP contribution >= 0.6 is 11.3 Å². The van der Waals surface area contributed by atoms with Crippen LogP contribution in [-0.2, 0) is 0 Å². The van der Waals surface area contributed by atoms with Gasteiger partial charge in [-0.3, -0.25) is 0 Å². The molecule has 17 heavy (non-hydrogen) atoms. The number of tetrazole rings is 1. The summed E-state index contributed by atoms with van der Waals surface area (Å²) in [5.74, 6) is 0.618. The number of aromatic nitrogens is 5. The first-order chi connectivity index (χ1) is 8.33. The summed E-state index contributed by atoms with van der Waals surface area (Å²) in [6, 6.07) is 9.80. The summed E-state index contributed by atoms with van der Waals surface area (Å²) >= 11 is 1.54. The number of aryl methyl sites for hydroxylation is 1. The Morgan fingerprint density at radius 1 is 1.24 bits per heavy atom. The second kappa shape index (κ2) is 4.06.